The first-order chi connectivity index (χ1) is 15.6. The number of aliphatic hydroxyl groups is 1. The summed E-state index contributed by atoms with van der Waals surface area (Å²) in [6.07, 6.45) is 3.72. The second-order valence-corrected chi connectivity index (χ2v) is 8.25. The maximum atomic E-state index is 11.1. The van der Waals surface area contributed by atoms with Gasteiger partial charge < -0.3 is 20.1 Å². The lowest BCUT2D eigenvalue weighted by atomic mass is 10.1. The quantitative estimate of drug-likeness (QED) is 0.357. The number of carbonyl (C=O) groups excluding carboxylic acids is 1. The van der Waals surface area contributed by atoms with Gasteiger partial charge in [0.15, 0.2) is 0 Å². The smallest absolute Gasteiger partial charge is 0.268 e. The molecule has 0 spiro atoms. The van der Waals surface area contributed by atoms with Crippen molar-refractivity contribution in [3.8, 4) is 27.6 Å². The topological polar surface area (TPSA) is 103 Å². The van der Waals surface area contributed by atoms with Crippen molar-refractivity contribution in [1.29, 1.82) is 0 Å². The molecule has 0 bridgehead atoms. The summed E-state index contributed by atoms with van der Waals surface area (Å²) in [5.41, 5.74) is 8.42. The number of imidazole rings is 1. The molecule has 0 aliphatic rings. The van der Waals surface area contributed by atoms with Crippen molar-refractivity contribution in [2.75, 3.05) is 6.61 Å². The van der Waals surface area contributed by atoms with Crippen molar-refractivity contribution in [3.63, 3.8) is 0 Å². The molecular weight excluding hydrogens is 424 g/mol. The van der Waals surface area contributed by atoms with E-state index in [4.69, 9.17) is 15.5 Å². The highest BCUT2D eigenvalue weighted by Gasteiger charge is 2.10. The van der Waals surface area contributed by atoms with Crippen molar-refractivity contribution in [1.82, 2.24) is 14.5 Å². The largest absolute Gasteiger partial charge is 0.494 e. The first-order valence-corrected chi connectivity index (χ1v) is 11.2. The van der Waals surface area contributed by atoms with E-state index in [1.807, 2.05) is 42.5 Å². The molecule has 3 N–H and O–H groups in total. The Kier molecular flexibility index (Phi) is 6.94. The zero-order valence-electron chi connectivity index (χ0n) is 17.4. The van der Waals surface area contributed by atoms with Gasteiger partial charge in [-0.05, 0) is 25.0 Å². The van der Waals surface area contributed by atoms with Crippen LogP contribution in [0.5, 0.6) is 5.75 Å². The lowest BCUT2D eigenvalue weighted by Crippen LogP contribution is -2.16. The fourth-order valence-electron chi connectivity index (χ4n) is 3.30. The van der Waals surface area contributed by atoms with Crippen molar-refractivity contribution < 1.29 is 14.6 Å². The van der Waals surface area contributed by atoms with Crippen molar-refractivity contribution in [2.24, 2.45) is 5.73 Å². The zero-order valence-corrected chi connectivity index (χ0v) is 18.2. The molecule has 0 aliphatic carbocycles. The molecule has 0 saturated carbocycles. The average Bonchev–Trinajstić information content (AvgIpc) is 3.48. The van der Waals surface area contributed by atoms with Gasteiger partial charge in [-0.2, -0.15) is 0 Å². The molecule has 0 aliphatic heterocycles. The van der Waals surface area contributed by atoms with Crippen LogP contribution in [0.1, 0.15) is 23.3 Å². The van der Waals surface area contributed by atoms with E-state index < -0.39 is 12.0 Å². The molecule has 164 valence electrons. The van der Waals surface area contributed by atoms with Gasteiger partial charge in [0.1, 0.15) is 16.5 Å². The lowest BCUT2D eigenvalue weighted by Gasteiger charge is -2.12. The van der Waals surface area contributed by atoms with Crippen LogP contribution >= 0.6 is 11.3 Å². The summed E-state index contributed by atoms with van der Waals surface area (Å²) in [4.78, 5) is 19.8. The van der Waals surface area contributed by atoms with Gasteiger partial charge in [0, 0.05) is 29.2 Å². The predicted molar refractivity (Wildman–Crippen MR) is 124 cm³/mol. The molecule has 0 fully saturated rings. The fraction of sp³-hybridized carbons (Fsp3) is 0.208. The first-order valence-electron chi connectivity index (χ1n) is 10.3. The Balaban J connectivity index is 1.27. The third kappa shape index (κ3) is 5.60. The number of nitrogens with two attached hydrogens (primary N) is 1. The number of aromatic nitrogens is 3. The van der Waals surface area contributed by atoms with Gasteiger partial charge in [-0.15, -0.1) is 11.3 Å². The number of ether oxygens (including phenoxy) is 1. The van der Waals surface area contributed by atoms with Crippen LogP contribution in [0.4, 0.5) is 0 Å². The second-order valence-electron chi connectivity index (χ2n) is 7.40. The number of aliphatic hydroxyl groups excluding tert-OH is 1. The zero-order chi connectivity index (χ0) is 22.3. The summed E-state index contributed by atoms with van der Waals surface area (Å²) in [6.45, 7) is 0.840. The Morgan fingerprint density at radius 3 is 2.75 bits per heavy atom. The van der Waals surface area contributed by atoms with E-state index >= 15 is 0 Å². The van der Waals surface area contributed by atoms with Crippen LogP contribution < -0.4 is 10.5 Å². The van der Waals surface area contributed by atoms with Gasteiger partial charge >= 0.3 is 0 Å². The van der Waals surface area contributed by atoms with E-state index in [1.165, 1.54) is 12.5 Å². The van der Waals surface area contributed by atoms with E-state index in [0.29, 0.717) is 26.0 Å². The van der Waals surface area contributed by atoms with Crippen molar-refractivity contribution in [2.45, 2.75) is 25.5 Å². The molecular formula is C24H24N4O3S. The second kappa shape index (κ2) is 10.2. The Hall–Kier alpha value is -3.49. The van der Waals surface area contributed by atoms with Crippen LogP contribution in [0, 0.1) is 0 Å². The predicted octanol–water partition coefficient (Wildman–Crippen LogP) is 3.99. The molecule has 2 heterocycles. The van der Waals surface area contributed by atoms with Crippen molar-refractivity contribution >= 4 is 17.2 Å². The first kappa shape index (κ1) is 21.7. The maximum absolute atomic E-state index is 11.1. The number of nitrogens with zero attached hydrogens (tertiary/aromatic N) is 3. The molecule has 8 heteroatoms. The summed E-state index contributed by atoms with van der Waals surface area (Å²) in [6, 6.07) is 18.0. The van der Waals surface area contributed by atoms with E-state index in [2.05, 4.69) is 22.5 Å². The molecule has 0 unspecified atom stereocenters. The van der Waals surface area contributed by atoms with E-state index in [9.17, 15) is 9.90 Å². The molecule has 32 heavy (non-hydrogen) atoms. The number of rotatable bonds is 10. The summed E-state index contributed by atoms with van der Waals surface area (Å²) < 4.78 is 7.54. The summed E-state index contributed by atoms with van der Waals surface area (Å²) in [5, 5.41) is 13.3. The molecule has 4 aromatic rings. The van der Waals surface area contributed by atoms with Crippen LogP contribution in [0.2, 0.25) is 0 Å². The van der Waals surface area contributed by atoms with Crippen molar-refractivity contribution in [3.05, 3.63) is 78.2 Å². The van der Waals surface area contributed by atoms with Crippen LogP contribution in [0.25, 0.3) is 21.8 Å². The molecule has 7 nitrogen and oxygen atoms in total. The molecule has 1 amide bonds. The summed E-state index contributed by atoms with van der Waals surface area (Å²) >= 11 is 1.62. The molecule has 0 radical (unpaired) electrons. The third-order valence-electron chi connectivity index (χ3n) is 4.91. The number of benzene rings is 2. The van der Waals surface area contributed by atoms with Crippen LogP contribution in [-0.2, 0) is 6.54 Å². The fourth-order valence-corrected chi connectivity index (χ4v) is 4.13. The lowest BCUT2D eigenvalue weighted by molar-refractivity contribution is 0.0995. The van der Waals surface area contributed by atoms with E-state index in [0.717, 1.165) is 27.6 Å². The third-order valence-corrected chi connectivity index (χ3v) is 5.80. The Bertz CT molecular complexity index is 1170. The number of hydrogen-bond acceptors (Lipinski definition) is 6. The minimum absolute atomic E-state index is 0.191. The molecule has 4 rings (SSSR count). The van der Waals surface area contributed by atoms with Crippen LogP contribution in [0.3, 0.4) is 0 Å². The SMILES string of the molecule is NC(=O)c1cn(C[C@@H](O)CCCOc2cccc(-c3csc(-c4ccccc4)n3)c2)cn1. The van der Waals surface area contributed by atoms with Crippen LogP contribution in [0.15, 0.2) is 72.5 Å². The van der Waals surface area contributed by atoms with E-state index in [1.54, 1.807) is 15.9 Å². The molecule has 1 atom stereocenters. The highest BCUT2D eigenvalue weighted by molar-refractivity contribution is 7.13. The van der Waals surface area contributed by atoms with Gasteiger partial charge in [0.25, 0.3) is 5.91 Å². The van der Waals surface area contributed by atoms with Gasteiger partial charge in [-0.1, -0.05) is 42.5 Å². The van der Waals surface area contributed by atoms with Crippen LogP contribution in [-0.4, -0.2) is 38.3 Å². The minimum atomic E-state index is -0.581. The Labute approximate surface area is 190 Å². The monoisotopic (exact) mass is 448 g/mol. The standard InChI is InChI=1S/C24H24N4O3S/c25-23(30)21-14-28(16-26-21)13-19(29)9-5-11-31-20-10-4-8-18(12-20)22-15-32-24(27-22)17-6-2-1-3-7-17/h1-4,6-8,10,12,14-16,19,29H,5,9,11,13H2,(H2,25,30)/t19-/m0/s1. The number of primary amides is 1. The number of hydrogen-bond donors (Lipinski definition) is 2. The number of carbonyl (C=O) groups is 1. The highest BCUT2D eigenvalue weighted by Crippen LogP contribution is 2.30. The average molecular weight is 449 g/mol. The molecule has 2 aromatic heterocycles. The van der Waals surface area contributed by atoms with Gasteiger partial charge in [0.2, 0.25) is 0 Å². The Morgan fingerprint density at radius 2 is 1.97 bits per heavy atom. The summed E-state index contributed by atoms with van der Waals surface area (Å²) in [5.74, 6) is 0.190. The summed E-state index contributed by atoms with van der Waals surface area (Å²) in [7, 11) is 0. The molecule has 2 aromatic carbocycles. The van der Waals surface area contributed by atoms with Gasteiger partial charge in [-0.25, -0.2) is 9.97 Å². The van der Waals surface area contributed by atoms with Gasteiger partial charge in [0.05, 0.1) is 24.7 Å². The van der Waals surface area contributed by atoms with Gasteiger partial charge in [-0.3, -0.25) is 4.79 Å². The minimum Gasteiger partial charge on any atom is -0.494 e. The van der Waals surface area contributed by atoms with E-state index in [-0.39, 0.29) is 5.69 Å². The normalized spacial score (nSPS) is 11.9. The molecule has 0 saturated heterocycles. The number of amides is 1. The highest BCUT2D eigenvalue weighted by atomic mass is 32.1. The Morgan fingerprint density at radius 1 is 1.16 bits per heavy atom. The maximum Gasteiger partial charge on any atom is 0.268 e. The number of thiazole rings is 1.